The lowest BCUT2D eigenvalue weighted by atomic mass is 9.96. The fraction of sp³-hybridized carbons (Fsp3) is 0.250. The zero-order chi connectivity index (χ0) is 15.0. The van der Waals surface area contributed by atoms with Crippen molar-refractivity contribution in [2.24, 2.45) is 0 Å². The Kier molecular flexibility index (Phi) is 4.60. The number of hydrogen-bond donors (Lipinski definition) is 1. The van der Waals surface area contributed by atoms with Crippen molar-refractivity contribution in [3.63, 3.8) is 0 Å². The molecule has 1 unspecified atom stereocenters. The van der Waals surface area contributed by atoms with Crippen LogP contribution in [0.3, 0.4) is 0 Å². The molecule has 2 nitrogen and oxygen atoms in total. The van der Waals surface area contributed by atoms with E-state index in [2.05, 4.69) is 49.3 Å². The van der Waals surface area contributed by atoms with Crippen molar-refractivity contribution in [2.75, 3.05) is 13.7 Å². The van der Waals surface area contributed by atoms with Gasteiger partial charge in [-0.1, -0.05) is 43.5 Å². The van der Waals surface area contributed by atoms with Crippen LogP contribution in [0.25, 0.3) is 0 Å². The normalized spacial score (nSPS) is 14.7. The van der Waals surface area contributed by atoms with Crippen LogP contribution in [0.5, 0.6) is 5.75 Å². The maximum atomic E-state index is 6.28. The van der Waals surface area contributed by atoms with Crippen molar-refractivity contribution in [3.05, 3.63) is 61.0 Å². The molecule has 1 aliphatic rings. The Morgan fingerprint density at radius 3 is 2.52 bits per heavy atom. The summed E-state index contributed by atoms with van der Waals surface area (Å²) in [4.78, 5) is 0. The van der Waals surface area contributed by atoms with Gasteiger partial charge in [0.1, 0.15) is 5.75 Å². The van der Waals surface area contributed by atoms with E-state index in [1.807, 2.05) is 25.2 Å². The molecule has 110 valence electrons. The molecule has 0 fully saturated rings. The van der Waals surface area contributed by atoms with Crippen molar-refractivity contribution in [2.45, 2.75) is 12.5 Å². The van der Waals surface area contributed by atoms with Gasteiger partial charge in [0.05, 0.1) is 12.6 Å². The molecule has 2 aromatic rings. The summed E-state index contributed by atoms with van der Waals surface area (Å²) in [5.74, 6) is 0.967. The van der Waals surface area contributed by atoms with Gasteiger partial charge in [0.2, 0.25) is 0 Å². The van der Waals surface area contributed by atoms with E-state index < -0.39 is 0 Å². The fourth-order valence-corrected chi connectivity index (χ4v) is 4.33. The van der Waals surface area contributed by atoms with Gasteiger partial charge >= 0.3 is 0 Å². The van der Waals surface area contributed by atoms with Gasteiger partial charge in [-0.2, -0.15) is 0 Å². The molecule has 0 radical (unpaired) electrons. The molecule has 2 aromatic carbocycles. The molecule has 1 N–H and O–H groups in total. The molecular formula is C16H14Br2ClNO. The second-order valence-electron chi connectivity index (χ2n) is 5.01. The topological polar surface area (TPSA) is 21.3 Å². The van der Waals surface area contributed by atoms with E-state index in [0.29, 0.717) is 0 Å². The third kappa shape index (κ3) is 3.14. The van der Waals surface area contributed by atoms with Crippen LogP contribution in [0.1, 0.15) is 22.7 Å². The highest BCUT2D eigenvalue weighted by Gasteiger charge is 2.24. The van der Waals surface area contributed by atoms with Crippen LogP contribution in [0.2, 0.25) is 5.02 Å². The van der Waals surface area contributed by atoms with Crippen LogP contribution < -0.4 is 10.1 Å². The summed E-state index contributed by atoms with van der Waals surface area (Å²) in [6, 6.07) is 10.3. The van der Waals surface area contributed by atoms with Crippen LogP contribution in [0, 0.1) is 0 Å². The van der Waals surface area contributed by atoms with Crippen molar-refractivity contribution < 1.29 is 4.74 Å². The highest BCUT2D eigenvalue weighted by molar-refractivity contribution is 9.11. The number of halogens is 3. The van der Waals surface area contributed by atoms with E-state index in [9.17, 15) is 0 Å². The lowest BCUT2D eigenvalue weighted by Crippen LogP contribution is -2.18. The first-order valence-corrected chi connectivity index (χ1v) is 8.63. The lowest BCUT2D eigenvalue weighted by molar-refractivity contribution is 0.351. The summed E-state index contributed by atoms with van der Waals surface area (Å²) in [6.07, 6.45) is 0.918. The third-order valence-corrected chi connectivity index (χ3v) is 4.73. The Morgan fingerprint density at radius 1 is 1.14 bits per heavy atom. The smallest absolute Gasteiger partial charge is 0.127 e. The Bertz CT molecular complexity index is 670. The summed E-state index contributed by atoms with van der Waals surface area (Å²) >= 11 is 13.4. The lowest BCUT2D eigenvalue weighted by Gasteiger charge is -2.21. The molecule has 0 aromatic heterocycles. The molecular weight excluding hydrogens is 417 g/mol. The van der Waals surface area contributed by atoms with Crippen molar-refractivity contribution in [3.8, 4) is 5.75 Å². The van der Waals surface area contributed by atoms with Crippen LogP contribution >= 0.6 is 43.5 Å². The van der Waals surface area contributed by atoms with E-state index in [0.717, 1.165) is 43.9 Å². The second-order valence-corrected chi connectivity index (χ2v) is 7.27. The summed E-state index contributed by atoms with van der Waals surface area (Å²) in [7, 11) is 1.95. The van der Waals surface area contributed by atoms with Crippen molar-refractivity contribution in [1.82, 2.24) is 5.32 Å². The van der Waals surface area contributed by atoms with Gasteiger partial charge in [-0.05, 0) is 48.5 Å². The summed E-state index contributed by atoms with van der Waals surface area (Å²) in [6.45, 7) is 0.724. The van der Waals surface area contributed by atoms with Gasteiger partial charge in [-0.25, -0.2) is 0 Å². The van der Waals surface area contributed by atoms with E-state index in [1.165, 1.54) is 5.56 Å². The molecule has 0 bridgehead atoms. The minimum atomic E-state index is 0.0318. The minimum absolute atomic E-state index is 0.0318. The number of fused-ring (bicyclic) bond motifs is 1. The number of benzene rings is 2. The van der Waals surface area contributed by atoms with Gasteiger partial charge < -0.3 is 10.1 Å². The number of ether oxygens (including phenoxy) is 1. The van der Waals surface area contributed by atoms with Gasteiger partial charge in [-0.3, -0.25) is 0 Å². The second kappa shape index (κ2) is 6.29. The standard InChI is InChI=1S/C16H14Br2ClNO/c1-20-15(10-4-11(17)7-12(18)5-10)14-8-13(19)6-9-2-3-21-16(9)14/h4-8,15,20H,2-3H2,1H3. The van der Waals surface area contributed by atoms with Gasteiger partial charge in [0.25, 0.3) is 0 Å². The molecule has 0 saturated heterocycles. The Morgan fingerprint density at radius 2 is 1.86 bits per heavy atom. The predicted molar refractivity (Wildman–Crippen MR) is 93.4 cm³/mol. The zero-order valence-electron chi connectivity index (χ0n) is 11.4. The molecule has 1 heterocycles. The Hall–Kier alpha value is -0.550. The van der Waals surface area contributed by atoms with E-state index >= 15 is 0 Å². The molecule has 0 saturated carbocycles. The van der Waals surface area contributed by atoms with E-state index in [-0.39, 0.29) is 6.04 Å². The number of nitrogens with one attached hydrogen (secondary N) is 1. The van der Waals surface area contributed by atoms with Crippen molar-refractivity contribution in [1.29, 1.82) is 0 Å². The van der Waals surface area contributed by atoms with Crippen LogP contribution in [-0.4, -0.2) is 13.7 Å². The molecule has 1 aliphatic heterocycles. The molecule has 0 aliphatic carbocycles. The molecule has 3 rings (SSSR count). The fourth-order valence-electron chi connectivity index (χ4n) is 2.76. The molecule has 21 heavy (non-hydrogen) atoms. The highest BCUT2D eigenvalue weighted by atomic mass is 79.9. The first-order valence-electron chi connectivity index (χ1n) is 6.67. The van der Waals surface area contributed by atoms with Crippen LogP contribution in [-0.2, 0) is 6.42 Å². The average molecular weight is 432 g/mol. The zero-order valence-corrected chi connectivity index (χ0v) is 15.3. The predicted octanol–water partition coefficient (Wildman–Crippen LogP) is 5.11. The largest absolute Gasteiger partial charge is 0.493 e. The summed E-state index contributed by atoms with van der Waals surface area (Å²) < 4.78 is 7.90. The molecule has 5 heteroatoms. The number of rotatable bonds is 3. The average Bonchev–Trinajstić information content (AvgIpc) is 2.86. The highest BCUT2D eigenvalue weighted by Crippen LogP contribution is 2.39. The monoisotopic (exact) mass is 429 g/mol. The summed E-state index contributed by atoms with van der Waals surface area (Å²) in [5, 5.41) is 4.12. The SMILES string of the molecule is CNC(c1cc(Br)cc(Br)c1)c1cc(Cl)cc2c1OCC2. The van der Waals surface area contributed by atoms with Crippen molar-refractivity contribution >= 4 is 43.5 Å². The maximum absolute atomic E-state index is 6.28. The van der Waals surface area contributed by atoms with Gasteiger partial charge in [0.15, 0.2) is 0 Å². The Labute approximate surface area is 146 Å². The van der Waals surface area contributed by atoms with Gasteiger partial charge in [0, 0.05) is 26.0 Å². The molecule has 1 atom stereocenters. The summed E-state index contributed by atoms with van der Waals surface area (Å²) in [5.41, 5.74) is 3.42. The first-order chi connectivity index (χ1) is 10.1. The van der Waals surface area contributed by atoms with Crippen LogP contribution in [0.15, 0.2) is 39.3 Å². The Balaban J connectivity index is 2.12. The first kappa shape index (κ1) is 15.3. The third-order valence-electron chi connectivity index (χ3n) is 3.60. The maximum Gasteiger partial charge on any atom is 0.127 e. The minimum Gasteiger partial charge on any atom is -0.493 e. The van der Waals surface area contributed by atoms with E-state index in [1.54, 1.807) is 0 Å². The molecule has 0 amide bonds. The van der Waals surface area contributed by atoms with Crippen LogP contribution in [0.4, 0.5) is 0 Å². The van der Waals surface area contributed by atoms with E-state index in [4.69, 9.17) is 16.3 Å². The molecule has 0 spiro atoms. The quantitative estimate of drug-likeness (QED) is 0.729. The number of hydrogen-bond acceptors (Lipinski definition) is 2. The van der Waals surface area contributed by atoms with Gasteiger partial charge in [-0.15, -0.1) is 0 Å².